The molecule has 2 N–H and O–H groups in total. The SMILES string of the molecule is Cl.Cl.NCc1cc(C(=O)N2CCCCC2c2nccs2)co1. The molecule has 0 spiro atoms. The zero-order valence-corrected chi connectivity index (χ0v) is 14.4. The van der Waals surface area contributed by atoms with Crippen LogP contribution in [-0.2, 0) is 6.54 Å². The van der Waals surface area contributed by atoms with Crippen molar-refractivity contribution in [1.29, 1.82) is 0 Å². The van der Waals surface area contributed by atoms with E-state index in [1.807, 2.05) is 10.3 Å². The van der Waals surface area contributed by atoms with E-state index in [0.29, 0.717) is 17.9 Å². The van der Waals surface area contributed by atoms with E-state index in [9.17, 15) is 4.79 Å². The fourth-order valence-corrected chi connectivity index (χ4v) is 3.38. The molecule has 0 saturated carbocycles. The van der Waals surface area contributed by atoms with Gasteiger partial charge in [-0.2, -0.15) is 0 Å². The summed E-state index contributed by atoms with van der Waals surface area (Å²) >= 11 is 1.61. The van der Waals surface area contributed by atoms with Crippen molar-refractivity contribution in [2.45, 2.75) is 31.8 Å². The van der Waals surface area contributed by atoms with Crippen LogP contribution in [0.15, 0.2) is 28.3 Å². The lowest BCUT2D eigenvalue weighted by Crippen LogP contribution is -2.38. The minimum atomic E-state index is 0. The molecule has 3 heterocycles. The molecule has 22 heavy (non-hydrogen) atoms. The van der Waals surface area contributed by atoms with E-state index in [1.54, 1.807) is 23.6 Å². The number of rotatable bonds is 3. The maximum Gasteiger partial charge on any atom is 0.257 e. The van der Waals surface area contributed by atoms with Gasteiger partial charge in [-0.25, -0.2) is 4.98 Å². The van der Waals surface area contributed by atoms with Gasteiger partial charge in [0.25, 0.3) is 5.91 Å². The molecule has 5 nitrogen and oxygen atoms in total. The first kappa shape index (κ1) is 19.0. The number of piperidine rings is 1. The lowest BCUT2D eigenvalue weighted by molar-refractivity contribution is 0.0610. The van der Waals surface area contributed by atoms with E-state index in [0.717, 1.165) is 30.8 Å². The Balaban J connectivity index is 0.00000121. The van der Waals surface area contributed by atoms with Gasteiger partial charge in [0.15, 0.2) is 0 Å². The van der Waals surface area contributed by atoms with Crippen molar-refractivity contribution in [3.8, 4) is 0 Å². The van der Waals surface area contributed by atoms with Gasteiger partial charge in [-0.05, 0) is 25.3 Å². The van der Waals surface area contributed by atoms with Crippen molar-refractivity contribution in [3.05, 3.63) is 40.2 Å². The van der Waals surface area contributed by atoms with Gasteiger partial charge in [0.05, 0.1) is 18.2 Å². The molecule has 1 atom stereocenters. The summed E-state index contributed by atoms with van der Waals surface area (Å²) in [4.78, 5) is 18.9. The number of likely N-dealkylation sites (tertiary alicyclic amines) is 1. The quantitative estimate of drug-likeness (QED) is 0.906. The summed E-state index contributed by atoms with van der Waals surface area (Å²) in [6, 6.07) is 1.82. The van der Waals surface area contributed by atoms with Crippen molar-refractivity contribution in [2.24, 2.45) is 5.73 Å². The lowest BCUT2D eigenvalue weighted by Gasteiger charge is -2.34. The normalized spacial score (nSPS) is 17.5. The largest absolute Gasteiger partial charge is 0.467 e. The van der Waals surface area contributed by atoms with Crippen LogP contribution in [0.1, 0.15) is 46.4 Å². The molecule has 3 rings (SSSR count). The first-order chi connectivity index (χ1) is 9.79. The lowest BCUT2D eigenvalue weighted by atomic mass is 10.0. The molecule has 1 aliphatic rings. The summed E-state index contributed by atoms with van der Waals surface area (Å²) in [5.41, 5.74) is 6.10. The first-order valence-corrected chi connectivity index (χ1v) is 7.65. The van der Waals surface area contributed by atoms with Crippen LogP contribution in [-0.4, -0.2) is 22.3 Å². The highest BCUT2D eigenvalue weighted by Gasteiger charge is 2.30. The molecule has 1 aliphatic heterocycles. The van der Waals surface area contributed by atoms with Crippen molar-refractivity contribution in [3.63, 3.8) is 0 Å². The Labute approximate surface area is 145 Å². The molecule has 0 aromatic carbocycles. The Morgan fingerprint density at radius 1 is 1.45 bits per heavy atom. The fourth-order valence-electron chi connectivity index (χ4n) is 2.60. The third kappa shape index (κ3) is 3.81. The third-order valence-electron chi connectivity index (χ3n) is 3.60. The Kier molecular flexibility index (Phi) is 7.35. The fraction of sp³-hybridized carbons (Fsp3) is 0.429. The zero-order valence-electron chi connectivity index (χ0n) is 11.9. The second-order valence-corrected chi connectivity index (χ2v) is 5.81. The Hall–Kier alpha value is -1.08. The van der Waals surface area contributed by atoms with Crippen LogP contribution in [0, 0.1) is 0 Å². The van der Waals surface area contributed by atoms with Crippen LogP contribution in [0.5, 0.6) is 0 Å². The molecule has 122 valence electrons. The predicted molar refractivity (Wildman–Crippen MR) is 90.8 cm³/mol. The Morgan fingerprint density at radius 3 is 2.91 bits per heavy atom. The Bertz CT molecular complexity index is 589. The summed E-state index contributed by atoms with van der Waals surface area (Å²) in [6.07, 6.45) is 6.43. The number of hydrogen-bond acceptors (Lipinski definition) is 5. The molecule has 1 amide bonds. The van der Waals surface area contributed by atoms with Crippen molar-refractivity contribution < 1.29 is 9.21 Å². The van der Waals surface area contributed by atoms with E-state index in [2.05, 4.69) is 4.98 Å². The molecule has 0 aliphatic carbocycles. The average molecular weight is 364 g/mol. The number of hydrogen-bond donors (Lipinski definition) is 1. The summed E-state index contributed by atoms with van der Waals surface area (Å²) in [5, 5.41) is 2.97. The predicted octanol–water partition coefficient (Wildman–Crippen LogP) is 3.41. The van der Waals surface area contributed by atoms with Crippen LogP contribution in [0.3, 0.4) is 0 Å². The molecule has 0 radical (unpaired) electrons. The highest BCUT2D eigenvalue weighted by atomic mass is 35.5. The molecule has 8 heteroatoms. The second-order valence-electron chi connectivity index (χ2n) is 4.89. The highest BCUT2D eigenvalue weighted by molar-refractivity contribution is 7.09. The minimum Gasteiger partial charge on any atom is -0.467 e. The van der Waals surface area contributed by atoms with Crippen LogP contribution >= 0.6 is 36.2 Å². The molecule has 1 saturated heterocycles. The first-order valence-electron chi connectivity index (χ1n) is 6.77. The standard InChI is InChI=1S/C14H17N3O2S.2ClH/c15-8-11-7-10(9-19-11)14(18)17-5-2-1-3-12(17)13-16-4-6-20-13;;/h4,6-7,9,12H,1-3,5,8,15H2;2*1H. The van der Waals surface area contributed by atoms with Gasteiger partial charge in [-0.15, -0.1) is 36.2 Å². The number of amides is 1. The van der Waals surface area contributed by atoms with E-state index in [1.165, 1.54) is 6.26 Å². The van der Waals surface area contributed by atoms with E-state index < -0.39 is 0 Å². The van der Waals surface area contributed by atoms with Crippen LogP contribution in [0.4, 0.5) is 0 Å². The summed E-state index contributed by atoms with van der Waals surface area (Å²) in [6.45, 7) is 1.08. The van der Waals surface area contributed by atoms with Gasteiger partial charge >= 0.3 is 0 Å². The minimum absolute atomic E-state index is 0. The monoisotopic (exact) mass is 363 g/mol. The number of carbonyl (C=O) groups excluding carboxylic acids is 1. The van der Waals surface area contributed by atoms with Crippen molar-refractivity contribution in [1.82, 2.24) is 9.88 Å². The molecule has 1 fully saturated rings. The smallest absolute Gasteiger partial charge is 0.257 e. The number of aromatic nitrogens is 1. The molecular formula is C14H19Cl2N3O2S. The van der Waals surface area contributed by atoms with E-state index in [4.69, 9.17) is 10.2 Å². The number of nitrogens with two attached hydrogens (primary N) is 1. The number of carbonyl (C=O) groups is 1. The van der Waals surface area contributed by atoms with Crippen LogP contribution in [0.25, 0.3) is 0 Å². The number of thiazole rings is 1. The number of nitrogens with zero attached hydrogens (tertiary/aromatic N) is 2. The molecule has 2 aromatic rings. The van der Waals surface area contributed by atoms with E-state index in [-0.39, 0.29) is 36.8 Å². The van der Waals surface area contributed by atoms with Gasteiger partial charge < -0.3 is 15.1 Å². The molecule has 1 unspecified atom stereocenters. The molecule has 0 bridgehead atoms. The van der Waals surface area contributed by atoms with Crippen molar-refractivity contribution in [2.75, 3.05) is 6.54 Å². The Morgan fingerprint density at radius 2 is 2.27 bits per heavy atom. The summed E-state index contributed by atoms with van der Waals surface area (Å²) < 4.78 is 5.27. The summed E-state index contributed by atoms with van der Waals surface area (Å²) in [5.74, 6) is 0.643. The van der Waals surface area contributed by atoms with Gasteiger partial charge in [-0.3, -0.25) is 4.79 Å². The zero-order chi connectivity index (χ0) is 13.9. The average Bonchev–Trinajstić information content (AvgIpc) is 3.17. The summed E-state index contributed by atoms with van der Waals surface area (Å²) in [7, 11) is 0. The van der Waals surface area contributed by atoms with Crippen LogP contribution < -0.4 is 5.73 Å². The maximum absolute atomic E-state index is 12.6. The number of halogens is 2. The van der Waals surface area contributed by atoms with Gasteiger partial charge in [-0.1, -0.05) is 0 Å². The molecule has 2 aromatic heterocycles. The van der Waals surface area contributed by atoms with Gasteiger partial charge in [0.2, 0.25) is 0 Å². The second kappa shape index (κ2) is 8.53. The topological polar surface area (TPSA) is 72.4 Å². The van der Waals surface area contributed by atoms with Crippen molar-refractivity contribution >= 4 is 42.1 Å². The third-order valence-corrected chi connectivity index (χ3v) is 4.48. The maximum atomic E-state index is 12.6. The molecular weight excluding hydrogens is 345 g/mol. The van der Waals surface area contributed by atoms with Gasteiger partial charge in [0, 0.05) is 18.1 Å². The van der Waals surface area contributed by atoms with Gasteiger partial charge in [0.1, 0.15) is 17.0 Å². The number of furan rings is 1. The van der Waals surface area contributed by atoms with E-state index >= 15 is 0 Å². The van der Waals surface area contributed by atoms with Crippen LogP contribution in [0.2, 0.25) is 0 Å². The highest BCUT2D eigenvalue weighted by Crippen LogP contribution is 2.33.